The Morgan fingerprint density at radius 2 is 1.92 bits per heavy atom. The average molecular weight is 373 g/mol. The van der Waals surface area contributed by atoms with E-state index in [4.69, 9.17) is 0 Å². The fourth-order valence-corrected chi connectivity index (χ4v) is 2.87. The van der Waals surface area contributed by atoms with Gasteiger partial charge in [-0.15, -0.1) is 0 Å². The largest absolute Gasteiger partial charge is 0.416 e. The minimum absolute atomic E-state index is 0.0129. The van der Waals surface area contributed by atoms with Crippen molar-refractivity contribution in [1.82, 2.24) is 10.2 Å². The van der Waals surface area contributed by atoms with Crippen molar-refractivity contribution in [2.75, 3.05) is 58.3 Å². The standard InChI is InChI=1S/C17H23F3N4O2/c1-21-15(25)11-22(2)16(26)12-23-6-8-24(9-7-23)14-5-3-4-13(10-14)17(18,19)20/h3-5,10H,6-9,11-12H2,1-2H3,(H,21,25)/p+1. The predicted octanol–water partition coefficient (Wildman–Crippen LogP) is -0.385. The molecule has 0 unspecified atom stereocenters. The number of hydrogen-bond acceptors (Lipinski definition) is 3. The quantitative estimate of drug-likeness (QED) is 0.740. The lowest BCUT2D eigenvalue weighted by Crippen LogP contribution is -3.15. The molecule has 1 saturated heterocycles. The van der Waals surface area contributed by atoms with Crippen LogP contribution in [-0.4, -0.2) is 70.1 Å². The van der Waals surface area contributed by atoms with E-state index in [0.29, 0.717) is 31.9 Å². The van der Waals surface area contributed by atoms with Crippen LogP contribution in [0.5, 0.6) is 0 Å². The number of nitrogens with zero attached hydrogens (tertiary/aromatic N) is 2. The lowest BCUT2D eigenvalue weighted by atomic mass is 10.1. The van der Waals surface area contributed by atoms with Crippen LogP contribution in [0.2, 0.25) is 0 Å². The van der Waals surface area contributed by atoms with Crippen molar-refractivity contribution in [1.29, 1.82) is 0 Å². The van der Waals surface area contributed by atoms with Crippen LogP contribution < -0.4 is 15.1 Å². The lowest BCUT2D eigenvalue weighted by molar-refractivity contribution is -0.892. The van der Waals surface area contributed by atoms with Crippen LogP contribution in [0.3, 0.4) is 0 Å². The molecule has 1 aliphatic heterocycles. The van der Waals surface area contributed by atoms with Crippen LogP contribution >= 0.6 is 0 Å². The van der Waals surface area contributed by atoms with Crippen LogP contribution in [0.4, 0.5) is 18.9 Å². The molecule has 1 aliphatic rings. The summed E-state index contributed by atoms with van der Waals surface area (Å²) in [5.74, 6) is -0.360. The van der Waals surface area contributed by atoms with Crippen LogP contribution in [0.1, 0.15) is 5.56 Å². The summed E-state index contributed by atoms with van der Waals surface area (Å²) in [6, 6.07) is 5.30. The molecular formula is C17H24F3N4O2+. The third-order valence-electron chi connectivity index (χ3n) is 4.50. The van der Waals surface area contributed by atoms with Gasteiger partial charge in [0.05, 0.1) is 38.3 Å². The molecule has 9 heteroatoms. The first-order chi connectivity index (χ1) is 12.2. The van der Waals surface area contributed by atoms with Gasteiger partial charge in [-0.05, 0) is 18.2 Å². The van der Waals surface area contributed by atoms with E-state index < -0.39 is 11.7 Å². The summed E-state index contributed by atoms with van der Waals surface area (Å²) in [5.41, 5.74) is -0.113. The molecule has 1 heterocycles. The topological polar surface area (TPSA) is 57.1 Å². The van der Waals surface area contributed by atoms with Crippen LogP contribution in [-0.2, 0) is 15.8 Å². The molecule has 0 aromatic heterocycles. The zero-order valence-corrected chi connectivity index (χ0v) is 14.9. The molecule has 0 atom stereocenters. The highest BCUT2D eigenvalue weighted by Crippen LogP contribution is 2.31. The molecule has 0 radical (unpaired) electrons. The van der Waals surface area contributed by atoms with Crippen molar-refractivity contribution in [3.05, 3.63) is 29.8 Å². The minimum atomic E-state index is -4.36. The SMILES string of the molecule is CNC(=O)CN(C)C(=O)C[NH+]1CCN(c2cccc(C(F)(F)F)c2)CC1. The number of amides is 2. The number of quaternary nitrogens is 1. The highest BCUT2D eigenvalue weighted by atomic mass is 19.4. The Morgan fingerprint density at radius 3 is 2.50 bits per heavy atom. The van der Waals surface area contributed by atoms with E-state index in [2.05, 4.69) is 5.32 Å². The molecule has 144 valence electrons. The van der Waals surface area contributed by atoms with E-state index in [1.165, 1.54) is 18.0 Å². The van der Waals surface area contributed by atoms with Crippen molar-refractivity contribution in [3.8, 4) is 0 Å². The first-order valence-electron chi connectivity index (χ1n) is 8.41. The zero-order chi connectivity index (χ0) is 19.3. The van der Waals surface area contributed by atoms with Crippen LogP contribution in [0.15, 0.2) is 24.3 Å². The van der Waals surface area contributed by atoms with E-state index in [1.54, 1.807) is 13.1 Å². The normalized spacial score (nSPS) is 15.7. The van der Waals surface area contributed by atoms with Crippen molar-refractivity contribution in [2.45, 2.75) is 6.18 Å². The summed E-state index contributed by atoms with van der Waals surface area (Å²) < 4.78 is 38.5. The lowest BCUT2D eigenvalue weighted by Gasteiger charge is -2.34. The maximum atomic E-state index is 12.8. The second-order valence-corrected chi connectivity index (χ2v) is 6.38. The third kappa shape index (κ3) is 5.35. The Labute approximate surface area is 150 Å². The number of rotatable bonds is 5. The number of piperazine rings is 1. The predicted molar refractivity (Wildman–Crippen MR) is 90.9 cm³/mol. The molecule has 1 fully saturated rings. The Kier molecular flexibility index (Phi) is 6.47. The van der Waals surface area contributed by atoms with E-state index in [9.17, 15) is 22.8 Å². The van der Waals surface area contributed by atoms with Gasteiger partial charge in [0.2, 0.25) is 5.91 Å². The van der Waals surface area contributed by atoms with Crippen LogP contribution in [0.25, 0.3) is 0 Å². The van der Waals surface area contributed by atoms with E-state index in [1.807, 2.05) is 4.90 Å². The number of hydrogen-bond donors (Lipinski definition) is 2. The molecule has 6 nitrogen and oxygen atoms in total. The fraction of sp³-hybridized carbons (Fsp3) is 0.529. The molecule has 0 bridgehead atoms. The maximum Gasteiger partial charge on any atom is 0.416 e. The monoisotopic (exact) mass is 373 g/mol. The molecule has 1 aromatic rings. The van der Waals surface area contributed by atoms with Crippen LogP contribution in [0, 0.1) is 0 Å². The minimum Gasteiger partial charge on any atom is -0.360 e. The van der Waals surface area contributed by atoms with Crippen molar-refractivity contribution < 1.29 is 27.7 Å². The van der Waals surface area contributed by atoms with E-state index in [0.717, 1.165) is 17.0 Å². The highest BCUT2D eigenvalue weighted by molar-refractivity contribution is 5.84. The van der Waals surface area contributed by atoms with Gasteiger partial charge in [-0.2, -0.15) is 13.2 Å². The van der Waals surface area contributed by atoms with Gasteiger partial charge in [0, 0.05) is 19.8 Å². The Morgan fingerprint density at radius 1 is 1.27 bits per heavy atom. The number of nitrogens with one attached hydrogen (secondary N) is 2. The number of anilines is 1. The van der Waals surface area contributed by atoms with Gasteiger partial charge in [-0.3, -0.25) is 9.59 Å². The number of carbonyl (C=O) groups is 2. The second kappa shape index (κ2) is 8.39. The molecule has 2 rings (SSSR count). The smallest absolute Gasteiger partial charge is 0.360 e. The van der Waals surface area contributed by atoms with Crippen molar-refractivity contribution in [3.63, 3.8) is 0 Å². The molecule has 1 aromatic carbocycles. The summed E-state index contributed by atoms with van der Waals surface area (Å²) in [6.07, 6.45) is -4.36. The molecule has 0 aliphatic carbocycles. The summed E-state index contributed by atoms with van der Waals surface area (Å²) in [7, 11) is 3.09. The maximum absolute atomic E-state index is 12.8. The summed E-state index contributed by atoms with van der Waals surface area (Å²) in [5, 5.41) is 2.47. The molecular weight excluding hydrogens is 349 g/mol. The first-order valence-corrected chi connectivity index (χ1v) is 8.41. The summed E-state index contributed by atoms with van der Waals surface area (Å²) >= 11 is 0. The summed E-state index contributed by atoms with van der Waals surface area (Å²) in [6.45, 7) is 2.72. The Balaban J connectivity index is 1.87. The van der Waals surface area contributed by atoms with Gasteiger partial charge in [0.1, 0.15) is 0 Å². The van der Waals surface area contributed by atoms with E-state index in [-0.39, 0.29) is 24.9 Å². The first kappa shape index (κ1) is 20.0. The van der Waals surface area contributed by atoms with Gasteiger partial charge in [0.15, 0.2) is 6.54 Å². The number of alkyl halides is 3. The molecule has 2 N–H and O–H groups in total. The average Bonchev–Trinajstić information content (AvgIpc) is 2.61. The molecule has 0 saturated carbocycles. The highest BCUT2D eigenvalue weighted by Gasteiger charge is 2.31. The third-order valence-corrected chi connectivity index (χ3v) is 4.50. The van der Waals surface area contributed by atoms with Crippen molar-refractivity contribution >= 4 is 17.5 Å². The number of carbonyl (C=O) groups excluding carboxylic acids is 2. The zero-order valence-electron chi connectivity index (χ0n) is 14.9. The summed E-state index contributed by atoms with van der Waals surface area (Å²) in [4.78, 5) is 27.8. The molecule has 2 amide bonds. The molecule has 26 heavy (non-hydrogen) atoms. The van der Waals surface area contributed by atoms with E-state index >= 15 is 0 Å². The van der Waals surface area contributed by atoms with Gasteiger partial charge in [-0.1, -0.05) is 6.07 Å². The van der Waals surface area contributed by atoms with Gasteiger partial charge in [0.25, 0.3) is 5.91 Å². The van der Waals surface area contributed by atoms with Gasteiger partial charge >= 0.3 is 6.18 Å². The fourth-order valence-electron chi connectivity index (χ4n) is 2.87. The Bertz CT molecular complexity index is 643. The molecule has 0 spiro atoms. The number of likely N-dealkylation sites (N-methyl/N-ethyl adjacent to an activating group) is 2. The second-order valence-electron chi connectivity index (χ2n) is 6.38. The Hall–Kier alpha value is -2.29. The van der Waals surface area contributed by atoms with Gasteiger partial charge in [-0.25, -0.2) is 0 Å². The van der Waals surface area contributed by atoms with Crippen molar-refractivity contribution in [2.24, 2.45) is 0 Å². The number of benzene rings is 1. The number of halogens is 3. The van der Waals surface area contributed by atoms with Gasteiger partial charge < -0.3 is 20.0 Å².